The van der Waals surface area contributed by atoms with E-state index in [2.05, 4.69) is 40.0 Å². The molecule has 0 spiro atoms. The van der Waals surface area contributed by atoms with Gasteiger partial charge in [0.2, 0.25) is 5.82 Å². The number of H-pyrrole nitrogens is 1. The van der Waals surface area contributed by atoms with Crippen LogP contribution in [0, 0.1) is 5.92 Å². The maximum atomic E-state index is 13.3. The Kier molecular flexibility index (Phi) is 4.94. The fourth-order valence-electron chi connectivity index (χ4n) is 5.39. The second kappa shape index (κ2) is 7.63. The van der Waals surface area contributed by atoms with Gasteiger partial charge in [-0.05, 0) is 32.3 Å². The Morgan fingerprint density at radius 1 is 1.17 bits per heavy atom. The summed E-state index contributed by atoms with van der Waals surface area (Å²) in [6.07, 6.45) is 2.73. The van der Waals surface area contributed by atoms with Crippen LogP contribution in [-0.4, -0.2) is 73.8 Å². The molecule has 0 saturated carbocycles. The van der Waals surface area contributed by atoms with Crippen molar-refractivity contribution >= 4 is 5.91 Å². The van der Waals surface area contributed by atoms with Gasteiger partial charge in [0.1, 0.15) is 6.33 Å². The number of aromatic amines is 1. The average Bonchev–Trinajstić information content (AvgIpc) is 3.24. The lowest BCUT2D eigenvalue weighted by molar-refractivity contribution is -0.0706. The normalized spacial score (nSPS) is 28.9. The standard InChI is InChI=1S/C21H28N6O3/c1-13-6-25(7-14(2)30-13)10-16-3-4-18-17-5-15(9-27(18)20(16)28)8-26(11-17)21(29)19-22-12-23-24-19/h3-4,12-15,17H,5-11H2,1-2H3,(H,22,23,24)/t13-,14+,15-,17+/m0/s1. The van der Waals surface area contributed by atoms with Crippen molar-refractivity contribution in [1.29, 1.82) is 0 Å². The molecule has 2 aromatic heterocycles. The molecule has 2 bridgehead atoms. The van der Waals surface area contributed by atoms with Gasteiger partial charge in [-0.2, -0.15) is 5.10 Å². The Morgan fingerprint density at radius 2 is 1.97 bits per heavy atom. The van der Waals surface area contributed by atoms with Crippen molar-refractivity contribution in [2.75, 3.05) is 26.2 Å². The lowest BCUT2D eigenvalue weighted by Crippen LogP contribution is -2.50. The Morgan fingerprint density at radius 3 is 2.70 bits per heavy atom. The number of nitrogens with one attached hydrogen (secondary N) is 1. The number of morpholine rings is 1. The first-order chi connectivity index (χ1) is 14.5. The molecule has 0 radical (unpaired) electrons. The molecule has 5 heterocycles. The van der Waals surface area contributed by atoms with Crippen molar-refractivity contribution in [3.05, 3.63) is 45.9 Å². The van der Waals surface area contributed by atoms with Gasteiger partial charge in [0.25, 0.3) is 11.5 Å². The maximum Gasteiger partial charge on any atom is 0.291 e. The van der Waals surface area contributed by atoms with Crippen LogP contribution >= 0.6 is 0 Å². The molecule has 0 aromatic carbocycles. The number of piperidine rings is 1. The molecule has 160 valence electrons. The summed E-state index contributed by atoms with van der Waals surface area (Å²) in [6, 6.07) is 4.07. The van der Waals surface area contributed by atoms with Crippen LogP contribution in [0.25, 0.3) is 0 Å². The summed E-state index contributed by atoms with van der Waals surface area (Å²) >= 11 is 0. The second-order valence-electron chi connectivity index (χ2n) is 8.99. The number of likely N-dealkylation sites (tertiary alicyclic amines) is 1. The topological polar surface area (TPSA) is 96.4 Å². The van der Waals surface area contributed by atoms with Crippen LogP contribution < -0.4 is 5.56 Å². The minimum absolute atomic E-state index is 0.115. The van der Waals surface area contributed by atoms with Gasteiger partial charge in [-0.25, -0.2) is 4.98 Å². The Labute approximate surface area is 175 Å². The predicted octanol–water partition coefficient (Wildman–Crippen LogP) is 0.835. The molecule has 2 fully saturated rings. The number of carbonyl (C=O) groups is 1. The maximum absolute atomic E-state index is 13.3. The van der Waals surface area contributed by atoms with Crippen LogP contribution in [0.2, 0.25) is 0 Å². The molecule has 30 heavy (non-hydrogen) atoms. The number of hydrogen-bond acceptors (Lipinski definition) is 6. The van der Waals surface area contributed by atoms with E-state index in [-0.39, 0.29) is 41.3 Å². The predicted molar refractivity (Wildman–Crippen MR) is 109 cm³/mol. The zero-order chi connectivity index (χ0) is 20.8. The smallest absolute Gasteiger partial charge is 0.291 e. The summed E-state index contributed by atoms with van der Waals surface area (Å²) in [6.45, 7) is 8.41. The van der Waals surface area contributed by atoms with Crippen LogP contribution in [-0.2, 0) is 17.8 Å². The van der Waals surface area contributed by atoms with E-state index in [9.17, 15) is 9.59 Å². The monoisotopic (exact) mass is 412 g/mol. The van der Waals surface area contributed by atoms with Gasteiger partial charge in [-0.1, -0.05) is 6.07 Å². The minimum atomic E-state index is -0.120. The van der Waals surface area contributed by atoms with Crippen molar-refractivity contribution in [1.82, 2.24) is 29.5 Å². The summed E-state index contributed by atoms with van der Waals surface area (Å²) in [5, 5.41) is 6.44. The summed E-state index contributed by atoms with van der Waals surface area (Å²) in [4.78, 5) is 34.1. The highest BCUT2D eigenvalue weighted by Crippen LogP contribution is 2.35. The third-order valence-electron chi connectivity index (χ3n) is 6.48. The summed E-state index contributed by atoms with van der Waals surface area (Å²) in [5.41, 5.74) is 2.00. The molecule has 5 rings (SSSR count). The fourth-order valence-corrected chi connectivity index (χ4v) is 5.39. The zero-order valence-corrected chi connectivity index (χ0v) is 17.5. The van der Waals surface area contributed by atoms with Crippen molar-refractivity contribution in [2.24, 2.45) is 5.92 Å². The van der Waals surface area contributed by atoms with Gasteiger partial charge < -0.3 is 14.2 Å². The van der Waals surface area contributed by atoms with Crippen molar-refractivity contribution in [3.8, 4) is 0 Å². The van der Waals surface area contributed by atoms with E-state index in [1.807, 2.05) is 15.5 Å². The first kappa shape index (κ1) is 19.4. The zero-order valence-electron chi connectivity index (χ0n) is 17.5. The van der Waals surface area contributed by atoms with Crippen LogP contribution in [0.4, 0.5) is 0 Å². The molecule has 9 nitrogen and oxygen atoms in total. The van der Waals surface area contributed by atoms with Crippen LogP contribution in [0.5, 0.6) is 0 Å². The van der Waals surface area contributed by atoms with E-state index >= 15 is 0 Å². The molecule has 2 aromatic rings. The quantitative estimate of drug-likeness (QED) is 0.802. The summed E-state index contributed by atoms with van der Waals surface area (Å²) < 4.78 is 7.77. The number of fused-ring (bicyclic) bond motifs is 4. The molecule has 9 heteroatoms. The van der Waals surface area contributed by atoms with E-state index in [1.165, 1.54) is 6.33 Å². The highest BCUT2D eigenvalue weighted by molar-refractivity contribution is 5.90. The van der Waals surface area contributed by atoms with Crippen LogP contribution in [0.1, 0.15) is 48.1 Å². The van der Waals surface area contributed by atoms with Gasteiger partial charge in [-0.3, -0.25) is 19.6 Å². The molecule has 2 saturated heterocycles. The highest BCUT2D eigenvalue weighted by atomic mass is 16.5. The summed E-state index contributed by atoms with van der Waals surface area (Å²) in [7, 11) is 0. The number of carbonyl (C=O) groups excluding carboxylic acids is 1. The molecular weight excluding hydrogens is 384 g/mol. The highest BCUT2D eigenvalue weighted by Gasteiger charge is 2.37. The molecular formula is C21H28N6O3. The van der Waals surface area contributed by atoms with Crippen molar-refractivity contribution < 1.29 is 9.53 Å². The van der Waals surface area contributed by atoms with Gasteiger partial charge in [0.15, 0.2) is 0 Å². The van der Waals surface area contributed by atoms with E-state index < -0.39 is 0 Å². The number of pyridine rings is 1. The molecule has 3 aliphatic heterocycles. The Hall–Kier alpha value is -2.52. The Balaban J connectivity index is 1.36. The number of ether oxygens (including phenoxy) is 1. The Bertz CT molecular complexity index is 977. The van der Waals surface area contributed by atoms with E-state index in [4.69, 9.17) is 4.74 Å². The largest absolute Gasteiger partial charge is 0.373 e. The first-order valence-corrected chi connectivity index (χ1v) is 10.7. The van der Waals surface area contributed by atoms with Gasteiger partial charge in [-0.15, -0.1) is 0 Å². The number of hydrogen-bond donors (Lipinski definition) is 1. The third kappa shape index (κ3) is 3.56. The van der Waals surface area contributed by atoms with E-state index in [0.29, 0.717) is 26.2 Å². The van der Waals surface area contributed by atoms with Crippen LogP contribution in [0.15, 0.2) is 23.3 Å². The van der Waals surface area contributed by atoms with Crippen LogP contribution in [0.3, 0.4) is 0 Å². The SMILES string of the molecule is C[C@@H]1CN(Cc2ccc3n(c2=O)C[C@H]2C[C@@H]3CN(C(=O)c3ncn[nH]3)C2)C[C@H](C)O1. The molecule has 1 amide bonds. The third-order valence-corrected chi connectivity index (χ3v) is 6.48. The van der Waals surface area contributed by atoms with E-state index in [1.54, 1.807) is 0 Å². The fraction of sp³-hybridized carbons (Fsp3) is 0.619. The van der Waals surface area contributed by atoms with Crippen molar-refractivity contribution in [2.45, 2.75) is 51.5 Å². The molecule has 0 unspecified atom stereocenters. The van der Waals surface area contributed by atoms with Gasteiger partial charge in [0.05, 0.1) is 12.2 Å². The van der Waals surface area contributed by atoms with E-state index in [0.717, 1.165) is 30.8 Å². The average molecular weight is 412 g/mol. The number of aromatic nitrogens is 4. The van der Waals surface area contributed by atoms with Gasteiger partial charge >= 0.3 is 0 Å². The lowest BCUT2D eigenvalue weighted by atomic mass is 9.83. The molecule has 3 aliphatic rings. The number of nitrogens with zero attached hydrogens (tertiary/aromatic N) is 5. The van der Waals surface area contributed by atoms with Crippen molar-refractivity contribution in [3.63, 3.8) is 0 Å². The minimum Gasteiger partial charge on any atom is -0.373 e. The second-order valence-corrected chi connectivity index (χ2v) is 8.99. The molecule has 4 atom stereocenters. The number of rotatable bonds is 3. The molecule has 1 N–H and O–H groups in total. The van der Waals surface area contributed by atoms with Gasteiger partial charge in [0, 0.05) is 56.4 Å². The first-order valence-electron chi connectivity index (χ1n) is 10.7. The molecule has 0 aliphatic carbocycles. The summed E-state index contributed by atoms with van der Waals surface area (Å²) in [5.74, 6) is 0.607. The lowest BCUT2D eigenvalue weighted by Gasteiger charge is -2.42. The number of amides is 1.